The average Bonchev–Trinajstić information content (AvgIpc) is 1.40. The van der Waals surface area contributed by atoms with Crippen molar-refractivity contribution < 1.29 is 0 Å². The molecule has 0 atom stereocenters. The van der Waals surface area contributed by atoms with E-state index >= 15 is 0 Å². The van der Waals surface area contributed by atoms with Crippen molar-refractivity contribution in [1.82, 2.24) is 18.3 Å². The van der Waals surface area contributed by atoms with Gasteiger partial charge in [0.2, 0.25) is 0 Å². The minimum Gasteiger partial charge on any atom is -0.306 e. The number of hydrogen-bond donors (Lipinski definition) is 0. The van der Waals surface area contributed by atoms with Gasteiger partial charge in [0, 0.05) is 79.6 Å². The van der Waals surface area contributed by atoms with Gasteiger partial charge < -0.3 is 18.3 Å². The Hall–Kier alpha value is -10.2. The second-order valence-electron chi connectivity index (χ2n) is 25.8. The van der Waals surface area contributed by atoms with Gasteiger partial charge in [0.15, 0.2) is 0 Å². The summed E-state index contributed by atoms with van der Waals surface area (Å²) in [6.07, 6.45) is 0. The van der Waals surface area contributed by atoms with Crippen LogP contribution in [-0.4, -0.2) is 18.3 Å². The molecule has 6 heterocycles. The maximum absolute atomic E-state index is 13.5. The SMILES string of the molecule is CC(C)(C)c1ccc(-c2c(-n3c4ccccc4c4ccccc43)c(-n3c4ccccc4c4ccc5c6ccccc6sc5c43)c(C#N)c(-n3c4ccccc4c4ccc5c6ccccc6sc5c43)c2-n2c3ccccc3c3ccccc32)c(C(C)(C)C)c1. The van der Waals surface area contributed by atoms with Crippen LogP contribution in [0.3, 0.4) is 0 Å². The van der Waals surface area contributed by atoms with Crippen molar-refractivity contribution in [2.75, 3.05) is 0 Å². The Balaban J connectivity index is 1.22. The fourth-order valence-electron chi connectivity index (χ4n) is 15.0. The zero-order chi connectivity index (χ0) is 59.1. The van der Waals surface area contributed by atoms with Crippen molar-refractivity contribution in [3.05, 3.63) is 253 Å². The van der Waals surface area contributed by atoms with Crippen LogP contribution in [0.5, 0.6) is 0 Å². The molecule has 0 aliphatic heterocycles. The molecule has 0 N–H and O–H groups in total. The molecule has 6 aromatic heterocycles. The van der Waals surface area contributed by atoms with E-state index in [2.05, 4.69) is 302 Å². The number of hydrogen-bond acceptors (Lipinski definition) is 3. The summed E-state index contributed by atoms with van der Waals surface area (Å²) in [7, 11) is 0. The summed E-state index contributed by atoms with van der Waals surface area (Å²) >= 11 is 3.68. The number of aromatic nitrogens is 4. The smallest absolute Gasteiger partial charge is 0.104 e. The lowest BCUT2D eigenvalue weighted by Gasteiger charge is -2.33. The van der Waals surface area contributed by atoms with Gasteiger partial charge in [0.25, 0.3) is 0 Å². The van der Waals surface area contributed by atoms with E-state index in [0.29, 0.717) is 5.56 Å². The van der Waals surface area contributed by atoms with E-state index in [1.54, 1.807) is 0 Å². The molecular weight excluding hydrogens is 1110 g/mol. The Morgan fingerprint density at radius 1 is 0.318 bits per heavy atom. The van der Waals surface area contributed by atoms with Gasteiger partial charge in [-0.05, 0) is 76.1 Å². The molecular formula is C81H57N5S2. The third kappa shape index (κ3) is 6.96. The lowest BCUT2D eigenvalue weighted by atomic mass is 9.76. The number of fused-ring (bicyclic) bond motifs is 20. The Labute approximate surface area is 516 Å². The Bertz CT molecular complexity index is 5670. The summed E-state index contributed by atoms with van der Waals surface area (Å²) in [5, 5.41) is 27.4. The maximum atomic E-state index is 13.5. The van der Waals surface area contributed by atoms with E-state index in [1.807, 2.05) is 22.7 Å². The van der Waals surface area contributed by atoms with Crippen LogP contribution in [0.25, 0.3) is 161 Å². The Kier molecular flexibility index (Phi) is 10.7. The zero-order valence-corrected chi connectivity index (χ0v) is 51.2. The second-order valence-corrected chi connectivity index (χ2v) is 27.9. The summed E-state index contributed by atoms with van der Waals surface area (Å²) in [5.41, 5.74) is 16.5. The third-order valence-corrected chi connectivity index (χ3v) is 21.3. The van der Waals surface area contributed by atoms with Crippen LogP contribution in [0.1, 0.15) is 58.2 Å². The number of para-hydroxylation sites is 6. The second kappa shape index (κ2) is 18.4. The molecule has 0 aliphatic carbocycles. The van der Waals surface area contributed by atoms with Crippen molar-refractivity contribution >= 4 is 150 Å². The number of thiophene rings is 2. The average molecular weight is 1160 g/mol. The molecule has 418 valence electrons. The van der Waals surface area contributed by atoms with Crippen LogP contribution >= 0.6 is 22.7 Å². The first-order chi connectivity index (χ1) is 43.0. The third-order valence-electron chi connectivity index (χ3n) is 18.9. The minimum absolute atomic E-state index is 0.165. The first-order valence-electron chi connectivity index (χ1n) is 30.4. The van der Waals surface area contributed by atoms with Gasteiger partial charge in [-0.15, -0.1) is 22.7 Å². The van der Waals surface area contributed by atoms with E-state index in [4.69, 9.17) is 0 Å². The summed E-state index contributed by atoms with van der Waals surface area (Å²) in [4.78, 5) is 0. The van der Waals surface area contributed by atoms with Gasteiger partial charge >= 0.3 is 0 Å². The van der Waals surface area contributed by atoms with Gasteiger partial charge in [-0.3, -0.25) is 0 Å². The van der Waals surface area contributed by atoms with Gasteiger partial charge in [-0.2, -0.15) is 5.26 Å². The van der Waals surface area contributed by atoms with Gasteiger partial charge in [-0.25, -0.2) is 0 Å². The van der Waals surface area contributed by atoms with Crippen molar-refractivity contribution in [2.45, 2.75) is 52.4 Å². The molecule has 7 heteroatoms. The molecule has 0 fully saturated rings. The van der Waals surface area contributed by atoms with Crippen molar-refractivity contribution in [3.63, 3.8) is 0 Å². The van der Waals surface area contributed by atoms with Gasteiger partial charge in [0.05, 0.1) is 76.3 Å². The molecule has 0 saturated heterocycles. The molecule has 0 aliphatic rings. The monoisotopic (exact) mass is 1160 g/mol. The Morgan fingerprint density at radius 2 is 0.648 bits per heavy atom. The predicted octanol–water partition coefficient (Wildman–Crippen LogP) is 22.9. The molecule has 88 heavy (non-hydrogen) atoms. The summed E-state index contributed by atoms with van der Waals surface area (Å²) in [6, 6.07) is 91.0. The number of rotatable bonds is 5. The van der Waals surface area contributed by atoms with Crippen LogP contribution in [0.2, 0.25) is 0 Å². The van der Waals surface area contributed by atoms with Crippen LogP contribution in [0.4, 0.5) is 0 Å². The fourth-order valence-corrected chi connectivity index (χ4v) is 17.5. The fraction of sp³-hybridized carbons (Fsp3) is 0.0988. The van der Waals surface area contributed by atoms with E-state index < -0.39 is 0 Å². The minimum atomic E-state index is -0.382. The number of nitriles is 1. The molecule has 0 unspecified atom stereocenters. The van der Waals surface area contributed by atoms with Gasteiger partial charge in [-0.1, -0.05) is 230 Å². The zero-order valence-electron chi connectivity index (χ0n) is 49.6. The first kappa shape index (κ1) is 51.0. The largest absolute Gasteiger partial charge is 0.306 e. The van der Waals surface area contributed by atoms with Crippen LogP contribution < -0.4 is 0 Å². The molecule has 0 spiro atoms. The normalized spacial score (nSPS) is 12.6. The molecule has 0 saturated carbocycles. The number of benzene rings is 12. The summed E-state index contributed by atoms with van der Waals surface area (Å²) in [6.45, 7) is 14.1. The molecule has 18 rings (SSSR count). The van der Waals surface area contributed by atoms with Crippen molar-refractivity contribution in [2.24, 2.45) is 0 Å². The highest BCUT2D eigenvalue weighted by Crippen LogP contribution is 2.55. The highest BCUT2D eigenvalue weighted by molar-refractivity contribution is 7.27. The van der Waals surface area contributed by atoms with Crippen LogP contribution in [0, 0.1) is 11.3 Å². The molecule has 0 radical (unpaired) electrons. The quantitative estimate of drug-likeness (QED) is 0.169. The predicted molar refractivity (Wildman–Crippen MR) is 377 cm³/mol. The topological polar surface area (TPSA) is 43.5 Å². The lowest BCUT2D eigenvalue weighted by molar-refractivity contribution is 0.569. The van der Waals surface area contributed by atoms with E-state index in [1.165, 1.54) is 51.5 Å². The molecule has 18 aromatic rings. The van der Waals surface area contributed by atoms with E-state index in [-0.39, 0.29) is 10.8 Å². The number of nitrogens with zero attached hydrogens (tertiary/aromatic N) is 5. The van der Waals surface area contributed by atoms with Crippen LogP contribution in [-0.2, 0) is 10.8 Å². The molecule has 5 nitrogen and oxygen atoms in total. The van der Waals surface area contributed by atoms with E-state index in [9.17, 15) is 5.26 Å². The molecule has 0 bridgehead atoms. The highest BCUT2D eigenvalue weighted by atomic mass is 32.1. The molecule has 0 amide bonds. The molecule has 12 aromatic carbocycles. The first-order valence-corrected chi connectivity index (χ1v) is 32.0. The Morgan fingerprint density at radius 3 is 1.01 bits per heavy atom. The lowest BCUT2D eigenvalue weighted by Crippen LogP contribution is -2.20. The van der Waals surface area contributed by atoms with Crippen molar-refractivity contribution in [1.29, 1.82) is 5.26 Å². The highest BCUT2D eigenvalue weighted by Gasteiger charge is 2.38. The summed E-state index contributed by atoms with van der Waals surface area (Å²) < 4.78 is 15.0. The van der Waals surface area contributed by atoms with Crippen molar-refractivity contribution in [3.8, 4) is 39.9 Å². The standard InChI is InChI=1S/C81H57N5S2/c1-80(2,3)47-39-40-60(62(45-47)81(4,5)6)71-76(83-63-31-15-7-23-48(63)49-24-8-16-32-64(49)83)72(85-67-35-19-11-27-52(67)56-41-43-58-54-29-13-21-37-69(54)87-78(58)74(56)85)61(46-82)73(77(71)84-65-33-17-9-25-50(65)51-26-10-18-34-66(51)84)86-68-36-20-12-28-53(68)57-42-44-59-55-30-14-22-38-70(55)88-79(59)75(57)86/h7-45H,1-6H3. The van der Waals surface area contributed by atoms with Crippen LogP contribution in [0.15, 0.2) is 237 Å². The maximum Gasteiger partial charge on any atom is 0.104 e. The van der Waals surface area contributed by atoms with Gasteiger partial charge in [0.1, 0.15) is 11.6 Å². The van der Waals surface area contributed by atoms with E-state index in [0.717, 1.165) is 121 Å². The summed E-state index contributed by atoms with van der Waals surface area (Å²) in [5.74, 6) is 0.